The molecule has 0 saturated carbocycles. The van der Waals surface area contributed by atoms with E-state index in [-0.39, 0.29) is 15.1 Å². The summed E-state index contributed by atoms with van der Waals surface area (Å²) in [7, 11) is -3.86. The van der Waals surface area contributed by atoms with Crippen LogP contribution in [0.4, 0.5) is 16.0 Å². The SMILES string of the molecule is CCNc1ncc(S(=O)(=O)Nc2ccc(Br)c(F)c2)cn1. The molecule has 2 aromatic rings. The fourth-order valence-corrected chi connectivity index (χ4v) is 2.66. The van der Waals surface area contributed by atoms with Crippen LogP contribution in [-0.4, -0.2) is 24.9 Å². The second kappa shape index (κ2) is 6.35. The van der Waals surface area contributed by atoms with Gasteiger partial charge >= 0.3 is 0 Å². The van der Waals surface area contributed by atoms with Crippen molar-refractivity contribution in [2.24, 2.45) is 0 Å². The van der Waals surface area contributed by atoms with Crippen LogP contribution in [0.5, 0.6) is 0 Å². The lowest BCUT2D eigenvalue weighted by atomic mass is 10.3. The summed E-state index contributed by atoms with van der Waals surface area (Å²) >= 11 is 3.00. The van der Waals surface area contributed by atoms with Crippen molar-refractivity contribution in [1.29, 1.82) is 0 Å². The van der Waals surface area contributed by atoms with Crippen molar-refractivity contribution in [2.45, 2.75) is 11.8 Å². The fourth-order valence-electron chi connectivity index (χ4n) is 1.48. The molecule has 2 N–H and O–H groups in total. The summed E-state index contributed by atoms with van der Waals surface area (Å²) in [6, 6.07) is 3.94. The molecule has 21 heavy (non-hydrogen) atoms. The number of aromatic nitrogens is 2. The van der Waals surface area contributed by atoms with Gasteiger partial charge in [0.2, 0.25) is 5.95 Å². The van der Waals surface area contributed by atoms with E-state index in [1.807, 2.05) is 6.92 Å². The smallest absolute Gasteiger partial charge is 0.264 e. The molecular formula is C12H12BrFN4O2S. The molecule has 6 nitrogen and oxygen atoms in total. The minimum absolute atomic E-state index is 0.104. The van der Waals surface area contributed by atoms with Gasteiger partial charge in [0.05, 0.1) is 22.6 Å². The van der Waals surface area contributed by atoms with Crippen molar-refractivity contribution in [2.75, 3.05) is 16.6 Å². The maximum absolute atomic E-state index is 13.4. The summed E-state index contributed by atoms with van der Waals surface area (Å²) in [6.45, 7) is 2.50. The molecule has 0 aliphatic heterocycles. The van der Waals surface area contributed by atoms with Crippen molar-refractivity contribution in [3.8, 4) is 0 Å². The molecule has 0 spiro atoms. The largest absolute Gasteiger partial charge is 0.355 e. The maximum atomic E-state index is 13.4. The molecule has 0 amide bonds. The molecule has 112 valence electrons. The number of nitrogens with zero attached hydrogens (tertiary/aromatic N) is 2. The molecule has 0 unspecified atom stereocenters. The monoisotopic (exact) mass is 374 g/mol. The Hall–Kier alpha value is -1.74. The first-order chi connectivity index (χ1) is 9.92. The number of halogens is 2. The first kappa shape index (κ1) is 15.6. The van der Waals surface area contributed by atoms with Gasteiger partial charge in [-0.1, -0.05) is 0 Å². The molecular weight excluding hydrogens is 363 g/mol. The van der Waals surface area contributed by atoms with Crippen LogP contribution >= 0.6 is 15.9 Å². The van der Waals surface area contributed by atoms with Crippen LogP contribution < -0.4 is 10.0 Å². The van der Waals surface area contributed by atoms with E-state index in [9.17, 15) is 12.8 Å². The lowest BCUT2D eigenvalue weighted by molar-refractivity contribution is 0.600. The van der Waals surface area contributed by atoms with E-state index in [1.54, 1.807) is 0 Å². The fraction of sp³-hybridized carbons (Fsp3) is 0.167. The number of sulfonamides is 1. The number of benzene rings is 1. The van der Waals surface area contributed by atoms with Crippen LogP contribution in [0.15, 0.2) is 40.0 Å². The van der Waals surface area contributed by atoms with Crippen LogP contribution in [0.3, 0.4) is 0 Å². The predicted octanol–water partition coefficient (Wildman–Crippen LogP) is 2.61. The van der Waals surface area contributed by atoms with Gasteiger partial charge in [-0.2, -0.15) is 0 Å². The maximum Gasteiger partial charge on any atom is 0.264 e. The van der Waals surface area contributed by atoms with Crippen molar-refractivity contribution >= 4 is 37.6 Å². The highest BCUT2D eigenvalue weighted by Crippen LogP contribution is 2.21. The van der Waals surface area contributed by atoms with E-state index < -0.39 is 15.8 Å². The molecule has 2 rings (SSSR count). The van der Waals surface area contributed by atoms with Gasteiger partial charge in [-0.05, 0) is 41.1 Å². The van der Waals surface area contributed by atoms with Gasteiger partial charge in [-0.25, -0.2) is 22.8 Å². The van der Waals surface area contributed by atoms with Crippen molar-refractivity contribution in [3.63, 3.8) is 0 Å². The topological polar surface area (TPSA) is 84.0 Å². The van der Waals surface area contributed by atoms with Crippen molar-refractivity contribution < 1.29 is 12.8 Å². The van der Waals surface area contributed by atoms with E-state index in [2.05, 4.69) is 35.9 Å². The Bertz CT molecular complexity index is 737. The third kappa shape index (κ3) is 3.88. The van der Waals surface area contributed by atoms with Crippen molar-refractivity contribution in [3.05, 3.63) is 40.9 Å². The van der Waals surface area contributed by atoms with Crippen LogP contribution in [0, 0.1) is 5.82 Å². The first-order valence-electron chi connectivity index (χ1n) is 5.96. The first-order valence-corrected chi connectivity index (χ1v) is 8.24. The molecule has 0 saturated heterocycles. The Morgan fingerprint density at radius 2 is 1.95 bits per heavy atom. The molecule has 9 heteroatoms. The van der Waals surface area contributed by atoms with E-state index in [1.165, 1.54) is 24.5 Å². The Labute approximate surface area is 130 Å². The summed E-state index contributed by atoms with van der Waals surface area (Å²) < 4.78 is 40.1. The third-order valence-corrected chi connectivity index (χ3v) is 4.42. The minimum atomic E-state index is -3.86. The average Bonchev–Trinajstić information content (AvgIpc) is 2.44. The van der Waals surface area contributed by atoms with E-state index in [4.69, 9.17) is 0 Å². The lowest BCUT2D eigenvalue weighted by Gasteiger charge is -2.08. The number of anilines is 2. The number of hydrogen-bond donors (Lipinski definition) is 2. The van der Waals surface area contributed by atoms with E-state index in [0.29, 0.717) is 12.5 Å². The van der Waals surface area contributed by atoms with Crippen LogP contribution in [0.1, 0.15) is 6.92 Å². The van der Waals surface area contributed by atoms with E-state index >= 15 is 0 Å². The summed E-state index contributed by atoms with van der Waals surface area (Å²) in [5.74, 6) is -0.222. The third-order valence-electron chi connectivity index (χ3n) is 2.45. The highest BCUT2D eigenvalue weighted by molar-refractivity contribution is 9.10. The molecule has 0 bridgehead atoms. The number of nitrogens with one attached hydrogen (secondary N) is 2. The normalized spacial score (nSPS) is 11.2. The molecule has 1 heterocycles. The van der Waals surface area contributed by atoms with E-state index in [0.717, 1.165) is 6.07 Å². The lowest BCUT2D eigenvalue weighted by Crippen LogP contribution is -2.14. The summed E-state index contributed by atoms with van der Waals surface area (Å²) in [4.78, 5) is 7.67. The zero-order valence-corrected chi connectivity index (χ0v) is 13.4. The van der Waals surface area contributed by atoms with Gasteiger partial charge in [0.15, 0.2) is 0 Å². The molecule has 0 aliphatic rings. The van der Waals surface area contributed by atoms with Crippen LogP contribution in [-0.2, 0) is 10.0 Å². The molecule has 0 fully saturated rings. The van der Waals surface area contributed by atoms with Crippen LogP contribution in [0.25, 0.3) is 0 Å². The summed E-state index contributed by atoms with van der Waals surface area (Å²) in [5.41, 5.74) is 0.117. The highest BCUT2D eigenvalue weighted by Gasteiger charge is 2.16. The predicted molar refractivity (Wildman–Crippen MR) is 81.1 cm³/mol. The summed E-state index contributed by atoms with van der Waals surface area (Å²) in [5, 5.41) is 2.86. The van der Waals surface area contributed by atoms with Gasteiger partial charge in [0.25, 0.3) is 10.0 Å². The number of rotatable bonds is 5. The minimum Gasteiger partial charge on any atom is -0.355 e. The van der Waals surface area contributed by atoms with Gasteiger partial charge in [0.1, 0.15) is 10.7 Å². The zero-order valence-electron chi connectivity index (χ0n) is 11.0. The second-order valence-corrected chi connectivity index (χ2v) is 6.54. The zero-order chi connectivity index (χ0) is 15.5. The Balaban J connectivity index is 2.23. The van der Waals surface area contributed by atoms with Gasteiger partial charge in [-0.3, -0.25) is 4.72 Å². The molecule has 0 radical (unpaired) electrons. The Kier molecular flexibility index (Phi) is 4.73. The molecule has 1 aromatic heterocycles. The van der Waals surface area contributed by atoms with Gasteiger partial charge < -0.3 is 5.32 Å². The second-order valence-electron chi connectivity index (χ2n) is 4.01. The molecule has 0 aliphatic carbocycles. The Morgan fingerprint density at radius 3 is 2.52 bits per heavy atom. The quantitative estimate of drug-likeness (QED) is 0.840. The molecule has 1 aromatic carbocycles. The van der Waals surface area contributed by atoms with Gasteiger partial charge in [0, 0.05) is 6.54 Å². The Morgan fingerprint density at radius 1 is 1.29 bits per heavy atom. The number of hydrogen-bond acceptors (Lipinski definition) is 5. The van der Waals surface area contributed by atoms with Crippen LogP contribution in [0.2, 0.25) is 0 Å². The van der Waals surface area contributed by atoms with Gasteiger partial charge in [-0.15, -0.1) is 0 Å². The summed E-state index contributed by atoms with van der Waals surface area (Å²) in [6.07, 6.45) is 2.37. The highest BCUT2D eigenvalue weighted by atomic mass is 79.9. The molecule has 0 atom stereocenters. The van der Waals surface area contributed by atoms with Crippen molar-refractivity contribution in [1.82, 2.24) is 9.97 Å². The average molecular weight is 375 g/mol. The standard InChI is InChI=1S/C12H12BrFN4O2S/c1-2-15-12-16-6-9(7-17-12)21(19,20)18-8-3-4-10(13)11(14)5-8/h3-7,18H,2H2,1H3,(H,15,16,17).